The average molecular weight is 345 g/mol. The molecule has 0 spiro atoms. The van der Waals surface area contributed by atoms with Crippen LogP contribution in [0.5, 0.6) is 12.0 Å². The van der Waals surface area contributed by atoms with Crippen molar-refractivity contribution in [1.29, 1.82) is 0 Å². The molecule has 0 radical (unpaired) electrons. The number of H-pyrrole nitrogens is 1. The molecule has 0 amide bonds. The van der Waals surface area contributed by atoms with Gasteiger partial charge in [0.2, 0.25) is 0 Å². The molecule has 0 fully saturated rings. The summed E-state index contributed by atoms with van der Waals surface area (Å²) < 4.78 is 36.4. The molecule has 1 N–H and O–H groups in total. The standard InChI is InChI=1S/C17H13F2N3O3/c18-13-5-1-11(2-6-13)9-24-16-20-15(23)21-17(22-16)25-10-12-3-7-14(19)8-4-12/h1-8H,9-10H2,(H,20,21,22,23). The molecule has 1 aromatic heterocycles. The van der Waals surface area contributed by atoms with Crippen LogP contribution in [0.15, 0.2) is 53.3 Å². The Balaban J connectivity index is 1.64. The van der Waals surface area contributed by atoms with Crippen LogP contribution >= 0.6 is 0 Å². The summed E-state index contributed by atoms with van der Waals surface area (Å²) in [6.07, 6.45) is 0. The van der Waals surface area contributed by atoms with Gasteiger partial charge in [0.15, 0.2) is 0 Å². The molecule has 0 bridgehead atoms. The van der Waals surface area contributed by atoms with E-state index in [4.69, 9.17) is 9.47 Å². The number of ether oxygens (including phenoxy) is 2. The van der Waals surface area contributed by atoms with E-state index >= 15 is 0 Å². The van der Waals surface area contributed by atoms with Gasteiger partial charge < -0.3 is 9.47 Å². The summed E-state index contributed by atoms with van der Waals surface area (Å²) in [5, 5.41) is 0. The van der Waals surface area contributed by atoms with Gasteiger partial charge in [0.1, 0.15) is 24.8 Å². The average Bonchev–Trinajstić information content (AvgIpc) is 2.60. The van der Waals surface area contributed by atoms with Crippen molar-refractivity contribution in [3.8, 4) is 12.0 Å². The second kappa shape index (κ2) is 7.52. The molecule has 0 aliphatic heterocycles. The highest BCUT2D eigenvalue weighted by Gasteiger charge is 2.06. The summed E-state index contributed by atoms with van der Waals surface area (Å²) in [6, 6.07) is 11.2. The van der Waals surface area contributed by atoms with E-state index in [9.17, 15) is 13.6 Å². The van der Waals surface area contributed by atoms with Gasteiger partial charge in [0, 0.05) is 0 Å². The van der Waals surface area contributed by atoms with Crippen molar-refractivity contribution >= 4 is 0 Å². The first kappa shape index (κ1) is 16.6. The maximum atomic E-state index is 12.9. The first-order valence-electron chi connectivity index (χ1n) is 7.31. The van der Waals surface area contributed by atoms with Crippen LogP contribution in [0.2, 0.25) is 0 Å². The van der Waals surface area contributed by atoms with Gasteiger partial charge in [0.25, 0.3) is 0 Å². The van der Waals surface area contributed by atoms with Gasteiger partial charge in [-0.05, 0) is 35.4 Å². The molecule has 1 heterocycles. The lowest BCUT2D eigenvalue weighted by Crippen LogP contribution is -2.16. The van der Waals surface area contributed by atoms with Gasteiger partial charge in [-0.3, -0.25) is 4.98 Å². The highest BCUT2D eigenvalue weighted by atomic mass is 19.1. The largest absolute Gasteiger partial charge is 0.460 e. The number of nitrogens with zero attached hydrogens (tertiary/aromatic N) is 2. The van der Waals surface area contributed by atoms with Crippen molar-refractivity contribution in [1.82, 2.24) is 15.0 Å². The van der Waals surface area contributed by atoms with Gasteiger partial charge in [-0.2, -0.15) is 0 Å². The Bertz CT molecular complexity index is 826. The first-order valence-corrected chi connectivity index (χ1v) is 7.31. The fourth-order valence-electron chi connectivity index (χ4n) is 1.94. The second-order valence-corrected chi connectivity index (χ2v) is 5.07. The highest BCUT2D eigenvalue weighted by molar-refractivity contribution is 5.17. The maximum absolute atomic E-state index is 12.9. The number of halogens is 2. The minimum absolute atomic E-state index is 0.0706. The molecule has 3 rings (SSSR count). The monoisotopic (exact) mass is 345 g/mol. The van der Waals surface area contributed by atoms with Crippen molar-refractivity contribution < 1.29 is 18.3 Å². The van der Waals surface area contributed by atoms with Crippen molar-refractivity contribution in [2.24, 2.45) is 0 Å². The van der Waals surface area contributed by atoms with E-state index in [-0.39, 0.29) is 36.9 Å². The van der Waals surface area contributed by atoms with Gasteiger partial charge in [-0.1, -0.05) is 24.3 Å². The van der Waals surface area contributed by atoms with Crippen LogP contribution in [0, 0.1) is 11.6 Å². The minimum atomic E-state index is -0.682. The third kappa shape index (κ3) is 4.84. The number of aromatic nitrogens is 3. The zero-order valence-electron chi connectivity index (χ0n) is 12.9. The Morgan fingerprint density at radius 1 is 0.800 bits per heavy atom. The third-order valence-electron chi connectivity index (χ3n) is 3.18. The number of aromatic amines is 1. The molecule has 0 saturated heterocycles. The maximum Gasteiger partial charge on any atom is 0.353 e. The lowest BCUT2D eigenvalue weighted by atomic mass is 10.2. The topological polar surface area (TPSA) is 77.1 Å². The first-order chi connectivity index (χ1) is 12.1. The van der Waals surface area contributed by atoms with E-state index < -0.39 is 5.69 Å². The van der Waals surface area contributed by atoms with E-state index in [2.05, 4.69) is 15.0 Å². The smallest absolute Gasteiger partial charge is 0.353 e. The van der Waals surface area contributed by atoms with E-state index in [0.29, 0.717) is 11.1 Å². The van der Waals surface area contributed by atoms with E-state index in [1.807, 2.05) is 0 Å². The molecule has 0 unspecified atom stereocenters. The molecule has 128 valence electrons. The fraction of sp³-hybridized carbons (Fsp3) is 0.118. The Kier molecular flexibility index (Phi) is 4.98. The van der Waals surface area contributed by atoms with Crippen molar-refractivity contribution in [2.75, 3.05) is 0 Å². The SMILES string of the molecule is O=c1nc(OCc2ccc(F)cc2)nc(OCc2ccc(F)cc2)[nH]1. The van der Waals surface area contributed by atoms with Crippen LogP contribution in [0.1, 0.15) is 11.1 Å². The van der Waals surface area contributed by atoms with Crippen LogP contribution < -0.4 is 15.2 Å². The molecule has 3 aromatic rings. The van der Waals surface area contributed by atoms with Crippen LogP contribution in [0.25, 0.3) is 0 Å². The molecule has 2 aromatic carbocycles. The van der Waals surface area contributed by atoms with Crippen LogP contribution in [-0.4, -0.2) is 15.0 Å². The van der Waals surface area contributed by atoms with E-state index in [1.54, 1.807) is 24.3 Å². The van der Waals surface area contributed by atoms with Crippen molar-refractivity contribution in [3.05, 3.63) is 81.8 Å². The van der Waals surface area contributed by atoms with E-state index in [1.165, 1.54) is 24.3 Å². The fourth-order valence-corrected chi connectivity index (χ4v) is 1.94. The number of hydrogen-bond donors (Lipinski definition) is 1. The summed E-state index contributed by atoms with van der Waals surface area (Å²) in [4.78, 5) is 21.4. The molecule has 0 atom stereocenters. The third-order valence-corrected chi connectivity index (χ3v) is 3.18. The summed E-state index contributed by atoms with van der Waals surface area (Å²) >= 11 is 0. The number of nitrogens with one attached hydrogen (secondary N) is 1. The molecule has 0 aliphatic carbocycles. The van der Waals surface area contributed by atoms with Crippen LogP contribution in [0.4, 0.5) is 8.78 Å². The molecule has 0 aliphatic rings. The predicted octanol–water partition coefficient (Wildman–Crippen LogP) is 2.60. The predicted molar refractivity (Wildman–Crippen MR) is 84.1 cm³/mol. The molecule has 0 saturated carbocycles. The van der Waals surface area contributed by atoms with Crippen LogP contribution in [0.3, 0.4) is 0 Å². The Morgan fingerprint density at radius 2 is 1.32 bits per heavy atom. The molecule has 25 heavy (non-hydrogen) atoms. The van der Waals surface area contributed by atoms with Gasteiger partial charge in [0.05, 0.1) is 0 Å². The Hall–Kier alpha value is -3.29. The number of benzene rings is 2. The highest BCUT2D eigenvalue weighted by Crippen LogP contribution is 2.11. The molecular weight excluding hydrogens is 332 g/mol. The Labute approximate surface area is 141 Å². The number of hydrogen-bond acceptors (Lipinski definition) is 5. The lowest BCUT2D eigenvalue weighted by Gasteiger charge is -2.07. The Morgan fingerprint density at radius 3 is 1.88 bits per heavy atom. The summed E-state index contributed by atoms with van der Waals surface area (Å²) in [5.74, 6) is -0.705. The summed E-state index contributed by atoms with van der Waals surface area (Å²) in [6.45, 7) is 0.159. The molecule has 8 heteroatoms. The summed E-state index contributed by atoms with van der Waals surface area (Å²) in [5.41, 5.74) is 0.715. The van der Waals surface area contributed by atoms with Gasteiger partial charge in [-0.25, -0.2) is 13.6 Å². The van der Waals surface area contributed by atoms with Gasteiger partial charge >= 0.3 is 17.7 Å². The minimum Gasteiger partial charge on any atom is -0.460 e. The second-order valence-electron chi connectivity index (χ2n) is 5.07. The van der Waals surface area contributed by atoms with E-state index in [0.717, 1.165) is 0 Å². The zero-order valence-corrected chi connectivity index (χ0v) is 12.9. The molecular formula is C17H13F2N3O3. The van der Waals surface area contributed by atoms with Crippen molar-refractivity contribution in [2.45, 2.75) is 13.2 Å². The van der Waals surface area contributed by atoms with Gasteiger partial charge in [-0.15, -0.1) is 9.97 Å². The zero-order chi connectivity index (χ0) is 17.6. The summed E-state index contributed by atoms with van der Waals surface area (Å²) in [7, 11) is 0. The van der Waals surface area contributed by atoms with Crippen molar-refractivity contribution in [3.63, 3.8) is 0 Å². The normalized spacial score (nSPS) is 10.5. The number of rotatable bonds is 6. The lowest BCUT2D eigenvalue weighted by molar-refractivity contribution is 0.247. The quantitative estimate of drug-likeness (QED) is 0.743. The molecule has 6 nitrogen and oxygen atoms in total. The van der Waals surface area contributed by atoms with Crippen LogP contribution in [-0.2, 0) is 13.2 Å².